The molecule has 0 saturated heterocycles. The van der Waals surface area contributed by atoms with Gasteiger partial charge < -0.3 is 10.5 Å². The van der Waals surface area contributed by atoms with Crippen molar-refractivity contribution in [1.82, 2.24) is 4.73 Å². The number of thioether (sulfide) groups is 1. The van der Waals surface area contributed by atoms with E-state index in [1.165, 1.54) is 18.0 Å². The molecule has 2 aromatic rings. The molecule has 2 N–H and O–H groups in total. The van der Waals surface area contributed by atoms with E-state index in [0.29, 0.717) is 16.1 Å². The van der Waals surface area contributed by atoms with Gasteiger partial charge in [0.2, 0.25) is 0 Å². The number of anilines is 1. The minimum atomic E-state index is -0.450. The summed E-state index contributed by atoms with van der Waals surface area (Å²) in [5.74, 6) is 0. The summed E-state index contributed by atoms with van der Waals surface area (Å²) in [5.41, 5.74) is 0.689. The molecule has 0 unspecified atom stereocenters. The van der Waals surface area contributed by atoms with Gasteiger partial charge in [0.15, 0.2) is 0 Å². The highest BCUT2D eigenvalue weighted by Crippen LogP contribution is 2.09. The first-order chi connectivity index (χ1) is 9.19. The van der Waals surface area contributed by atoms with Gasteiger partial charge in [-0.1, -0.05) is 18.2 Å². The van der Waals surface area contributed by atoms with Gasteiger partial charge in [-0.15, -0.1) is 11.8 Å². The number of hydrogen-bond acceptors (Lipinski definition) is 3. The van der Waals surface area contributed by atoms with Crippen LogP contribution >= 0.6 is 11.8 Å². The number of aromatic nitrogens is 1. The van der Waals surface area contributed by atoms with Crippen LogP contribution in [0.15, 0.2) is 58.7 Å². The van der Waals surface area contributed by atoms with E-state index in [4.69, 9.17) is 0 Å². The lowest BCUT2D eigenvalue weighted by atomic mass is 10.3. The molecular formula is C13H13N3O2S. The van der Waals surface area contributed by atoms with Crippen molar-refractivity contribution >= 4 is 23.5 Å². The van der Waals surface area contributed by atoms with Crippen LogP contribution in [-0.2, 0) is 0 Å². The Morgan fingerprint density at radius 3 is 2.74 bits per heavy atom. The number of benzene rings is 1. The van der Waals surface area contributed by atoms with Crippen molar-refractivity contribution in [3.63, 3.8) is 0 Å². The van der Waals surface area contributed by atoms with Gasteiger partial charge in [0.1, 0.15) is 5.03 Å². The number of amides is 2. The molecule has 1 aromatic carbocycles. The van der Waals surface area contributed by atoms with Crippen molar-refractivity contribution in [2.75, 3.05) is 11.6 Å². The summed E-state index contributed by atoms with van der Waals surface area (Å²) in [6, 6.07) is 11.8. The zero-order valence-electron chi connectivity index (χ0n) is 10.3. The maximum Gasteiger partial charge on any atom is 0.345 e. The van der Waals surface area contributed by atoms with E-state index in [2.05, 4.69) is 10.3 Å². The lowest BCUT2D eigenvalue weighted by Crippen LogP contribution is -2.14. The number of carbonyl (C=O) groups is 1. The van der Waals surface area contributed by atoms with Crippen LogP contribution in [0.1, 0.15) is 0 Å². The summed E-state index contributed by atoms with van der Waals surface area (Å²) < 4.78 is 0.985. The van der Waals surface area contributed by atoms with Gasteiger partial charge in [-0.2, -0.15) is 9.72 Å². The number of para-hydroxylation sites is 1. The summed E-state index contributed by atoms with van der Waals surface area (Å²) in [4.78, 5) is 15.6. The lowest BCUT2D eigenvalue weighted by molar-refractivity contribution is 0.159. The standard InChI is InChI=1S/C13H13N3O2S/c1-19-12-9-11(7-8-16(12)18)15-13(17)14-10-5-3-2-4-6-10/h2-9,18H,1H3,(H,14,17). The van der Waals surface area contributed by atoms with Crippen LogP contribution in [0.4, 0.5) is 10.5 Å². The first kappa shape index (κ1) is 13.2. The topological polar surface area (TPSA) is 66.6 Å². The zero-order chi connectivity index (χ0) is 13.7. The maximum atomic E-state index is 11.7. The highest BCUT2D eigenvalue weighted by molar-refractivity contribution is 7.98. The van der Waals surface area contributed by atoms with Crippen molar-refractivity contribution in [1.29, 1.82) is 0 Å². The van der Waals surface area contributed by atoms with E-state index in [-0.39, 0.29) is 0 Å². The Hall–Kier alpha value is -2.21. The molecule has 98 valence electrons. The Bertz CT molecular complexity index is 638. The molecule has 19 heavy (non-hydrogen) atoms. The van der Waals surface area contributed by atoms with Crippen molar-refractivity contribution in [3.8, 4) is 0 Å². The zero-order valence-corrected chi connectivity index (χ0v) is 11.1. The maximum absolute atomic E-state index is 11.7. The van der Waals surface area contributed by atoms with Gasteiger partial charge in [0.05, 0.1) is 5.36 Å². The van der Waals surface area contributed by atoms with Gasteiger partial charge in [0, 0.05) is 11.9 Å². The molecule has 0 atom stereocenters. The van der Waals surface area contributed by atoms with E-state index < -0.39 is 6.03 Å². The van der Waals surface area contributed by atoms with Gasteiger partial charge in [-0.05, 0) is 30.5 Å². The van der Waals surface area contributed by atoms with Crippen molar-refractivity contribution in [2.24, 2.45) is 4.99 Å². The molecule has 1 aromatic heterocycles. The third-order valence-corrected chi connectivity index (χ3v) is 3.07. The number of pyridine rings is 1. The van der Waals surface area contributed by atoms with Crippen LogP contribution in [0.25, 0.3) is 0 Å². The normalized spacial score (nSPS) is 11.3. The predicted octanol–water partition coefficient (Wildman–Crippen LogP) is 2.58. The monoisotopic (exact) mass is 275 g/mol. The number of nitrogens with zero attached hydrogens (tertiary/aromatic N) is 2. The Morgan fingerprint density at radius 2 is 2.05 bits per heavy atom. The molecule has 0 spiro atoms. The Labute approximate surface area is 114 Å². The van der Waals surface area contributed by atoms with Crippen molar-refractivity contribution in [3.05, 3.63) is 54.0 Å². The fourth-order valence-corrected chi connectivity index (χ4v) is 1.96. The molecule has 0 bridgehead atoms. The first-order valence-electron chi connectivity index (χ1n) is 5.56. The smallest absolute Gasteiger partial charge is 0.345 e. The third kappa shape index (κ3) is 3.62. The summed E-state index contributed by atoms with van der Waals surface area (Å²) in [6.45, 7) is 0. The third-order valence-electron chi connectivity index (χ3n) is 2.35. The van der Waals surface area contributed by atoms with E-state index in [9.17, 15) is 10.0 Å². The second-order valence-corrected chi connectivity index (χ2v) is 4.51. The van der Waals surface area contributed by atoms with Crippen LogP contribution in [-0.4, -0.2) is 22.2 Å². The van der Waals surface area contributed by atoms with E-state index in [0.717, 1.165) is 4.73 Å². The average Bonchev–Trinajstić information content (AvgIpc) is 2.42. The van der Waals surface area contributed by atoms with Crippen molar-refractivity contribution < 1.29 is 10.0 Å². The second-order valence-electron chi connectivity index (χ2n) is 3.68. The summed E-state index contributed by atoms with van der Waals surface area (Å²) in [6.07, 6.45) is 3.27. The minimum Gasteiger partial charge on any atom is -0.428 e. The molecule has 6 heteroatoms. The first-order valence-corrected chi connectivity index (χ1v) is 6.78. The summed E-state index contributed by atoms with van der Waals surface area (Å²) in [7, 11) is 0. The number of hydrogen-bond donors (Lipinski definition) is 2. The molecule has 0 aliphatic rings. The van der Waals surface area contributed by atoms with Gasteiger partial charge >= 0.3 is 6.03 Å². The fraction of sp³-hybridized carbons (Fsp3) is 0.0769. The van der Waals surface area contributed by atoms with Gasteiger partial charge in [0.25, 0.3) is 0 Å². The molecule has 0 saturated carbocycles. The van der Waals surface area contributed by atoms with E-state index >= 15 is 0 Å². The number of urea groups is 1. The van der Waals surface area contributed by atoms with Gasteiger partial charge in [-0.3, -0.25) is 0 Å². The molecule has 5 nitrogen and oxygen atoms in total. The van der Waals surface area contributed by atoms with Crippen LogP contribution in [0, 0.1) is 0 Å². The number of rotatable bonds is 2. The van der Waals surface area contributed by atoms with E-state index in [1.807, 2.05) is 24.5 Å². The second kappa shape index (κ2) is 6.10. The highest BCUT2D eigenvalue weighted by Gasteiger charge is 2.00. The van der Waals surface area contributed by atoms with Crippen LogP contribution in [0.5, 0.6) is 0 Å². The minimum absolute atomic E-state index is 0.450. The predicted molar refractivity (Wildman–Crippen MR) is 74.4 cm³/mol. The number of carbonyl (C=O) groups excluding carboxylic acids is 1. The summed E-state index contributed by atoms with van der Waals surface area (Å²) >= 11 is 1.36. The molecule has 0 radical (unpaired) electrons. The molecule has 1 heterocycles. The molecule has 0 aliphatic heterocycles. The highest BCUT2D eigenvalue weighted by atomic mass is 32.2. The lowest BCUT2D eigenvalue weighted by Gasteiger charge is -2.03. The molecular weight excluding hydrogens is 262 g/mol. The Balaban J connectivity index is 2.19. The molecule has 2 rings (SSSR count). The molecule has 0 fully saturated rings. The summed E-state index contributed by atoms with van der Waals surface area (Å²) in [5, 5.41) is 13.2. The largest absolute Gasteiger partial charge is 0.428 e. The Morgan fingerprint density at radius 1 is 1.32 bits per heavy atom. The molecule has 0 aliphatic carbocycles. The number of nitrogens with one attached hydrogen (secondary N) is 1. The van der Waals surface area contributed by atoms with Gasteiger partial charge in [-0.25, -0.2) is 4.79 Å². The van der Waals surface area contributed by atoms with Crippen LogP contribution < -0.4 is 10.7 Å². The van der Waals surface area contributed by atoms with Crippen LogP contribution in [0.2, 0.25) is 0 Å². The fourth-order valence-electron chi connectivity index (χ4n) is 1.47. The Kier molecular flexibility index (Phi) is 4.25. The molecule has 2 amide bonds. The SMILES string of the molecule is CSc1cc(=NC(=O)Nc2ccccc2)ccn1O. The van der Waals surface area contributed by atoms with E-state index in [1.54, 1.807) is 24.3 Å². The quantitative estimate of drug-likeness (QED) is 0.654. The van der Waals surface area contributed by atoms with Crippen LogP contribution in [0.3, 0.4) is 0 Å². The van der Waals surface area contributed by atoms with Crippen molar-refractivity contribution in [2.45, 2.75) is 5.03 Å². The average molecular weight is 275 g/mol.